The average Bonchev–Trinajstić information content (AvgIpc) is 3.16. The van der Waals surface area contributed by atoms with Crippen LogP contribution in [0.25, 0.3) is 11.4 Å². The number of nitrogens with one attached hydrogen (secondary N) is 1. The lowest BCUT2D eigenvalue weighted by molar-refractivity contribution is 0.0914. The monoisotopic (exact) mass is 386 g/mol. The van der Waals surface area contributed by atoms with Gasteiger partial charge in [0.25, 0.3) is 5.91 Å². The van der Waals surface area contributed by atoms with Gasteiger partial charge in [-0.05, 0) is 23.6 Å². The lowest BCUT2D eigenvalue weighted by Gasteiger charge is -2.18. The van der Waals surface area contributed by atoms with Gasteiger partial charge in [0.15, 0.2) is 0 Å². The fourth-order valence-electron chi connectivity index (χ4n) is 2.60. The molecule has 0 aliphatic carbocycles. The Hall–Kier alpha value is -2.70. The Kier molecular flexibility index (Phi) is 7.10. The highest BCUT2D eigenvalue weighted by atomic mass is 35.5. The molecule has 3 rings (SSSR count). The summed E-state index contributed by atoms with van der Waals surface area (Å²) in [6.07, 6.45) is 0. The first-order valence-corrected chi connectivity index (χ1v) is 8.57. The molecule has 1 atom stereocenters. The van der Waals surface area contributed by atoms with Crippen LogP contribution in [0.4, 0.5) is 0 Å². The molecule has 6 nitrogen and oxygen atoms in total. The number of hydrogen-bond donors (Lipinski definition) is 2. The molecule has 0 saturated heterocycles. The largest absolute Gasteiger partial charge is 0.340 e. The van der Waals surface area contributed by atoms with Crippen LogP contribution in [0.15, 0.2) is 59.1 Å². The van der Waals surface area contributed by atoms with E-state index in [1.165, 1.54) is 0 Å². The van der Waals surface area contributed by atoms with Crippen molar-refractivity contribution in [2.45, 2.75) is 26.4 Å². The normalized spacial score (nSPS) is 11.7. The van der Waals surface area contributed by atoms with Gasteiger partial charge in [0, 0.05) is 17.7 Å². The van der Waals surface area contributed by atoms with Gasteiger partial charge in [-0.1, -0.05) is 61.5 Å². The Labute approximate surface area is 164 Å². The number of halogens is 1. The number of carbonyl (C=O) groups excluding carboxylic acids is 1. The number of aromatic nitrogens is 2. The highest BCUT2D eigenvalue weighted by Crippen LogP contribution is 2.24. The minimum atomic E-state index is -0.368. The molecule has 0 radical (unpaired) electrons. The van der Waals surface area contributed by atoms with Gasteiger partial charge in [-0.15, -0.1) is 12.4 Å². The number of hydrogen-bond acceptors (Lipinski definition) is 5. The van der Waals surface area contributed by atoms with Crippen molar-refractivity contribution in [3.63, 3.8) is 0 Å². The van der Waals surface area contributed by atoms with Crippen LogP contribution in [0.3, 0.4) is 0 Å². The van der Waals surface area contributed by atoms with Gasteiger partial charge in [-0.2, -0.15) is 4.98 Å². The molecule has 1 aromatic heterocycles. The molecule has 0 aliphatic rings. The second kappa shape index (κ2) is 9.30. The second-order valence-corrected chi connectivity index (χ2v) is 6.42. The smallest absolute Gasteiger partial charge is 0.251 e. The standard InChI is InChI=1S/C20H22N4O2.ClH/c1-13(2)17(22-19(25)16-6-4-3-5-7-16)20-23-18(24-26-20)15-10-8-14(12-21)9-11-15;/h3-11,13,17H,12,21H2,1-2H3,(H,22,25);1H. The summed E-state index contributed by atoms with van der Waals surface area (Å²) in [5, 5.41) is 7.04. The Balaban J connectivity index is 0.00000261. The Morgan fingerprint density at radius 2 is 1.78 bits per heavy atom. The lowest BCUT2D eigenvalue weighted by atomic mass is 10.0. The summed E-state index contributed by atoms with van der Waals surface area (Å²) in [4.78, 5) is 16.9. The van der Waals surface area contributed by atoms with Crippen molar-refractivity contribution in [3.8, 4) is 11.4 Å². The van der Waals surface area contributed by atoms with E-state index in [-0.39, 0.29) is 30.3 Å². The fourth-order valence-corrected chi connectivity index (χ4v) is 2.60. The molecular formula is C20H23ClN4O2. The van der Waals surface area contributed by atoms with E-state index < -0.39 is 0 Å². The van der Waals surface area contributed by atoms with E-state index >= 15 is 0 Å². The Bertz CT molecular complexity index is 863. The van der Waals surface area contributed by atoms with Crippen molar-refractivity contribution >= 4 is 18.3 Å². The summed E-state index contributed by atoms with van der Waals surface area (Å²) in [6.45, 7) is 4.48. The third-order valence-corrected chi connectivity index (χ3v) is 4.14. The van der Waals surface area contributed by atoms with Crippen LogP contribution in [0.2, 0.25) is 0 Å². The molecule has 3 N–H and O–H groups in total. The maximum atomic E-state index is 12.5. The summed E-state index contributed by atoms with van der Waals surface area (Å²) >= 11 is 0. The Morgan fingerprint density at radius 1 is 1.11 bits per heavy atom. The van der Waals surface area contributed by atoms with E-state index in [2.05, 4.69) is 15.5 Å². The van der Waals surface area contributed by atoms with E-state index in [0.717, 1.165) is 11.1 Å². The summed E-state index contributed by atoms with van der Waals surface area (Å²) in [6, 6.07) is 16.4. The molecule has 3 aromatic rings. The van der Waals surface area contributed by atoms with Crippen molar-refractivity contribution in [1.82, 2.24) is 15.5 Å². The number of nitrogens with two attached hydrogens (primary N) is 1. The summed E-state index contributed by atoms with van der Waals surface area (Å²) in [7, 11) is 0. The second-order valence-electron chi connectivity index (χ2n) is 6.42. The third-order valence-electron chi connectivity index (χ3n) is 4.14. The SMILES string of the molecule is CC(C)C(NC(=O)c1ccccc1)c1nc(-c2ccc(CN)cc2)no1.Cl. The van der Waals surface area contributed by atoms with Gasteiger partial charge < -0.3 is 15.6 Å². The van der Waals surface area contributed by atoms with E-state index in [9.17, 15) is 4.79 Å². The van der Waals surface area contributed by atoms with Crippen LogP contribution in [0.5, 0.6) is 0 Å². The number of rotatable bonds is 6. The molecule has 0 spiro atoms. The van der Waals surface area contributed by atoms with Crippen LogP contribution >= 0.6 is 12.4 Å². The first kappa shape index (κ1) is 20.6. The zero-order valence-corrected chi connectivity index (χ0v) is 16.1. The molecule has 0 saturated carbocycles. The van der Waals surface area contributed by atoms with Crippen molar-refractivity contribution in [2.24, 2.45) is 11.7 Å². The number of amides is 1. The van der Waals surface area contributed by atoms with Crippen LogP contribution in [0, 0.1) is 5.92 Å². The first-order valence-electron chi connectivity index (χ1n) is 8.57. The molecule has 1 unspecified atom stereocenters. The molecular weight excluding hydrogens is 364 g/mol. The summed E-state index contributed by atoms with van der Waals surface area (Å²) < 4.78 is 5.44. The summed E-state index contributed by atoms with van der Waals surface area (Å²) in [5.74, 6) is 0.803. The van der Waals surface area contributed by atoms with Crippen molar-refractivity contribution in [1.29, 1.82) is 0 Å². The van der Waals surface area contributed by atoms with E-state index in [1.807, 2.05) is 56.3 Å². The quantitative estimate of drug-likeness (QED) is 0.672. The number of nitrogens with zero attached hydrogens (tertiary/aromatic N) is 2. The van der Waals surface area contributed by atoms with Crippen molar-refractivity contribution in [3.05, 3.63) is 71.6 Å². The predicted molar refractivity (Wildman–Crippen MR) is 106 cm³/mol. The van der Waals surface area contributed by atoms with Crippen molar-refractivity contribution < 1.29 is 9.32 Å². The zero-order chi connectivity index (χ0) is 18.5. The van der Waals surface area contributed by atoms with Gasteiger partial charge in [0.05, 0.1) is 0 Å². The zero-order valence-electron chi connectivity index (χ0n) is 15.3. The number of benzene rings is 2. The third kappa shape index (κ3) is 4.93. The molecule has 2 aromatic carbocycles. The van der Waals surface area contributed by atoms with E-state index in [4.69, 9.17) is 10.3 Å². The average molecular weight is 387 g/mol. The van der Waals surface area contributed by atoms with Gasteiger partial charge in [0.2, 0.25) is 11.7 Å². The van der Waals surface area contributed by atoms with Crippen LogP contribution in [-0.4, -0.2) is 16.0 Å². The maximum Gasteiger partial charge on any atom is 0.251 e. The first-order chi connectivity index (χ1) is 12.6. The molecule has 27 heavy (non-hydrogen) atoms. The lowest BCUT2D eigenvalue weighted by Crippen LogP contribution is -2.32. The minimum Gasteiger partial charge on any atom is -0.340 e. The highest BCUT2D eigenvalue weighted by Gasteiger charge is 2.25. The summed E-state index contributed by atoms with van der Waals surface area (Å²) in [5.41, 5.74) is 8.09. The molecule has 142 valence electrons. The van der Waals surface area contributed by atoms with Crippen LogP contribution in [-0.2, 0) is 6.54 Å². The molecule has 0 bridgehead atoms. The van der Waals surface area contributed by atoms with Gasteiger partial charge in [-0.3, -0.25) is 4.79 Å². The van der Waals surface area contributed by atoms with E-state index in [0.29, 0.717) is 23.8 Å². The fraction of sp³-hybridized carbons (Fsp3) is 0.250. The molecule has 1 heterocycles. The molecule has 1 amide bonds. The van der Waals surface area contributed by atoms with Gasteiger partial charge >= 0.3 is 0 Å². The van der Waals surface area contributed by atoms with Crippen LogP contribution in [0.1, 0.15) is 41.7 Å². The molecule has 0 fully saturated rings. The number of carbonyl (C=O) groups is 1. The maximum absolute atomic E-state index is 12.5. The molecule has 7 heteroatoms. The van der Waals surface area contributed by atoms with Gasteiger partial charge in [-0.25, -0.2) is 0 Å². The predicted octanol–water partition coefficient (Wildman–Crippen LogP) is 3.74. The minimum absolute atomic E-state index is 0. The van der Waals surface area contributed by atoms with Crippen molar-refractivity contribution in [2.75, 3.05) is 0 Å². The van der Waals surface area contributed by atoms with E-state index in [1.54, 1.807) is 12.1 Å². The topological polar surface area (TPSA) is 94.0 Å². The van der Waals surface area contributed by atoms with Crippen LogP contribution < -0.4 is 11.1 Å². The van der Waals surface area contributed by atoms with Gasteiger partial charge in [0.1, 0.15) is 6.04 Å². The Morgan fingerprint density at radius 3 is 2.37 bits per heavy atom. The highest BCUT2D eigenvalue weighted by molar-refractivity contribution is 5.94. The molecule has 0 aliphatic heterocycles.